The standard InChI is InChI=1S/C20H19ClN4O/c1-14-10-11-19(23-12-14)25-20(22)24-13-16-17(21)8-5-9-18(16)26-15-6-3-2-4-7-15/h2-12H,13H2,1H3,(H3,22,23,24,25). The molecule has 3 rings (SSSR count). The second-order valence-electron chi connectivity index (χ2n) is 5.71. The van der Waals surface area contributed by atoms with Gasteiger partial charge in [-0.1, -0.05) is 41.9 Å². The van der Waals surface area contributed by atoms with Gasteiger partial charge in [-0.3, -0.25) is 5.41 Å². The summed E-state index contributed by atoms with van der Waals surface area (Å²) in [6, 6.07) is 18.8. The molecule has 3 aromatic rings. The van der Waals surface area contributed by atoms with E-state index in [0.29, 0.717) is 23.1 Å². The van der Waals surface area contributed by atoms with E-state index in [4.69, 9.17) is 21.7 Å². The van der Waals surface area contributed by atoms with Crippen molar-refractivity contribution >= 4 is 23.4 Å². The summed E-state index contributed by atoms with van der Waals surface area (Å²) in [4.78, 5) is 4.22. The van der Waals surface area contributed by atoms with E-state index in [1.165, 1.54) is 0 Å². The maximum absolute atomic E-state index is 8.05. The van der Waals surface area contributed by atoms with Crippen LogP contribution in [0.3, 0.4) is 0 Å². The molecular weight excluding hydrogens is 348 g/mol. The highest BCUT2D eigenvalue weighted by Crippen LogP contribution is 2.30. The van der Waals surface area contributed by atoms with E-state index >= 15 is 0 Å². The lowest BCUT2D eigenvalue weighted by Gasteiger charge is -2.15. The minimum Gasteiger partial charge on any atom is -0.457 e. The predicted octanol–water partition coefficient (Wildman–Crippen LogP) is 4.97. The summed E-state index contributed by atoms with van der Waals surface area (Å²) in [5.74, 6) is 2.12. The number of hydrogen-bond donors (Lipinski definition) is 3. The van der Waals surface area contributed by atoms with Gasteiger partial charge in [0.1, 0.15) is 17.3 Å². The van der Waals surface area contributed by atoms with E-state index in [2.05, 4.69) is 15.6 Å². The summed E-state index contributed by atoms with van der Waals surface area (Å²) >= 11 is 6.33. The van der Waals surface area contributed by atoms with Crippen molar-refractivity contribution in [3.8, 4) is 11.5 Å². The molecule has 0 unspecified atom stereocenters. The Morgan fingerprint density at radius 2 is 1.88 bits per heavy atom. The minimum atomic E-state index is 0.131. The van der Waals surface area contributed by atoms with Crippen molar-refractivity contribution in [1.82, 2.24) is 10.3 Å². The Labute approximate surface area is 157 Å². The molecule has 1 heterocycles. The van der Waals surface area contributed by atoms with Gasteiger partial charge in [-0.2, -0.15) is 0 Å². The summed E-state index contributed by atoms with van der Waals surface area (Å²) in [6.45, 7) is 2.31. The molecule has 3 N–H and O–H groups in total. The van der Waals surface area contributed by atoms with E-state index in [1.807, 2.05) is 61.5 Å². The molecule has 5 nitrogen and oxygen atoms in total. The van der Waals surface area contributed by atoms with Crippen LogP contribution in [0.15, 0.2) is 66.9 Å². The summed E-state index contributed by atoms with van der Waals surface area (Å²) in [7, 11) is 0. The second-order valence-corrected chi connectivity index (χ2v) is 6.11. The average molecular weight is 367 g/mol. The molecule has 0 aliphatic rings. The number of pyridine rings is 1. The second kappa shape index (κ2) is 8.36. The number of halogens is 1. The van der Waals surface area contributed by atoms with E-state index in [1.54, 1.807) is 12.3 Å². The van der Waals surface area contributed by atoms with Gasteiger partial charge in [0.15, 0.2) is 5.96 Å². The smallest absolute Gasteiger partial charge is 0.194 e. The monoisotopic (exact) mass is 366 g/mol. The SMILES string of the molecule is Cc1ccc(NC(=N)NCc2c(Cl)cccc2Oc2ccccc2)nc1. The molecule has 132 valence electrons. The van der Waals surface area contributed by atoms with Gasteiger partial charge in [0, 0.05) is 23.3 Å². The number of para-hydroxylation sites is 1. The Morgan fingerprint density at radius 3 is 2.62 bits per heavy atom. The van der Waals surface area contributed by atoms with Crippen LogP contribution in [-0.4, -0.2) is 10.9 Å². The van der Waals surface area contributed by atoms with Crippen molar-refractivity contribution in [3.63, 3.8) is 0 Å². The number of rotatable bonds is 5. The number of aryl methyl sites for hydroxylation is 1. The lowest BCUT2D eigenvalue weighted by Crippen LogP contribution is -2.29. The molecule has 0 aliphatic heterocycles. The first-order chi connectivity index (χ1) is 12.6. The zero-order chi connectivity index (χ0) is 18.4. The van der Waals surface area contributed by atoms with Gasteiger partial charge in [0.2, 0.25) is 0 Å². The molecule has 6 heteroatoms. The molecule has 0 fully saturated rings. The van der Waals surface area contributed by atoms with Crippen LogP contribution in [0.2, 0.25) is 5.02 Å². The first-order valence-electron chi connectivity index (χ1n) is 8.14. The number of nitrogens with zero attached hydrogens (tertiary/aromatic N) is 1. The van der Waals surface area contributed by atoms with Gasteiger partial charge in [0.25, 0.3) is 0 Å². The molecule has 0 saturated heterocycles. The quantitative estimate of drug-likeness (QED) is 0.440. The summed E-state index contributed by atoms with van der Waals surface area (Å²) < 4.78 is 5.93. The van der Waals surface area contributed by atoms with Crippen LogP contribution in [0.5, 0.6) is 11.5 Å². The molecule has 26 heavy (non-hydrogen) atoms. The van der Waals surface area contributed by atoms with Gasteiger partial charge in [-0.05, 0) is 42.8 Å². The van der Waals surface area contributed by atoms with Gasteiger partial charge in [-0.15, -0.1) is 0 Å². The Bertz CT molecular complexity index is 882. The number of anilines is 1. The Balaban J connectivity index is 1.67. The van der Waals surface area contributed by atoms with Crippen molar-refractivity contribution < 1.29 is 4.74 Å². The van der Waals surface area contributed by atoms with Crippen LogP contribution in [-0.2, 0) is 6.54 Å². The van der Waals surface area contributed by atoms with Gasteiger partial charge >= 0.3 is 0 Å². The van der Waals surface area contributed by atoms with Crippen LogP contribution in [0, 0.1) is 12.3 Å². The topological polar surface area (TPSA) is 70.0 Å². The number of nitrogens with one attached hydrogen (secondary N) is 3. The molecule has 0 saturated carbocycles. The summed E-state index contributed by atoms with van der Waals surface area (Å²) in [5, 5.41) is 14.5. The maximum Gasteiger partial charge on any atom is 0.194 e. The minimum absolute atomic E-state index is 0.131. The highest BCUT2D eigenvalue weighted by molar-refractivity contribution is 6.31. The van der Waals surface area contributed by atoms with Crippen molar-refractivity contribution in [2.45, 2.75) is 13.5 Å². The van der Waals surface area contributed by atoms with Crippen LogP contribution < -0.4 is 15.4 Å². The molecule has 1 aromatic heterocycles. The molecule has 0 atom stereocenters. The fourth-order valence-electron chi connectivity index (χ4n) is 2.31. The number of aromatic nitrogens is 1. The van der Waals surface area contributed by atoms with Crippen LogP contribution in [0.1, 0.15) is 11.1 Å². The van der Waals surface area contributed by atoms with E-state index in [-0.39, 0.29) is 5.96 Å². The van der Waals surface area contributed by atoms with Crippen LogP contribution >= 0.6 is 11.6 Å². The molecule has 0 bridgehead atoms. The number of ether oxygens (including phenoxy) is 1. The molecule has 0 radical (unpaired) electrons. The van der Waals surface area contributed by atoms with Crippen LogP contribution in [0.4, 0.5) is 5.82 Å². The normalized spacial score (nSPS) is 10.2. The maximum atomic E-state index is 8.05. The average Bonchev–Trinajstić information content (AvgIpc) is 2.64. The molecule has 0 amide bonds. The van der Waals surface area contributed by atoms with E-state index in [0.717, 1.165) is 16.9 Å². The Morgan fingerprint density at radius 1 is 1.08 bits per heavy atom. The van der Waals surface area contributed by atoms with Crippen LogP contribution in [0.25, 0.3) is 0 Å². The number of hydrogen-bond acceptors (Lipinski definition) is 3. The third-order valence-electron chi connectivity index (χ3n) is 3.65. The van der Waals surface area contributed by atoms with Crippen molar-refractivity contribution in [3.05, 3.63) is 83.0 Å². The van der Waals surface area contributed by atoms with Gasteiger partial charge < -0.3 is 15.4 Å². The number of guanidine groups is 1. The predicted molar refractivity (Wildman–Crippen MR) is 105 cm³/mol. The summed E-state index contributed by atoms with van der Waals surface area (Å²) in [5.41, 5.74) is 1.84. The first kappa shape index (κ1) is 17.8. The fraction of sp³-hybridized carbons (Fsp3) is 0.100. The largest absolute Gasteiger partial charge is 0.457 e. The molecule has 0 aliphatic carbocycles. The molecule has 2 aromatic carbocycles. The summed E-state index contributed by atoms with van der Waals surface area (Å²) in [6.07, 6.45) is 1.75. The lowest BCUT2D eigenvalue weighted by atomic mass is 10.2. The van der Waals surface area contributed by atoms with Gasteiger partial charge in [-0.25, -0.2) is 4.98 Å². The number of benzene rings is 2. The van der Waals surface area contributed by atoms with Crippen molar-refractivity contribution in [1.29, 1.82) is 5.41 Å². The van der Waals surface area contributed by atoms with Gasteiger partial charge in [0.05, 0.1) is 0 Å². The molecular formula is C20H19ClN4O. The zero-order valence-corrected chi connectivity index (χ0v) is 15.0. The van der Waals surface area contributed by atoms with Crippen molar-refractivity contribution in [2.75, 3.05) is 5.32 Å². The molecule has 0 spiro atoms. The van der Waals surface area contributed by atoms with E-state index in [9.17, 15) is 0 Å². The third-order valence-corrected chi connectivity index (χ3v) is 4.01. The van der Waals surface area contributed by atoms with Crippen molar-refractivity contribution in [2.24, 2.45) is 0 Å². The Hall–Kier alpha value is -3.05. The lowest BCUT2D eigenvalue weighted by molar-refractivity contribution is 0.475. The highest BCUT2D eigenvalue weighted by Gasteiger charge is 2.10. The highest BCUT2D eigenvalue weighted by atomic mass is 35.5. The zero-order valence-electron chi connectivity index (χ0n) is 14.3. The third kappa shape index (κ3) is 4.74. The first-order valence-corrected chi connectivity index (χ1v) is 8.52. The van der Waals surface area contributed by atoms with E-state index < -0.39 is 0 Å². The Kier molecular flexibility index (Phi) is 5.71. The fourth-order valence-corrected chi connectivity index (χ4v) is 2.55.